The number of hydrogen-bond donors (Lipinski definition) is 0. The Labute approximate surface area is 123 Å². The van der Waals surface area contributed by atoms with E-state index in [9.17, 15) is 4.79 Å². The fraction of sp³-hybridized carbons (Fsp3) is 0. The zero-order valence-electron chi connectivity index (χ0n) is 10.2. The number of halogens is 1. The van der Waals surface area contributed by atoms with E-state index in [2.05, 4.69) is 4.99 Å². The van der Waals surface area contributed by atoms with Crippen molar-refractivity contribution in [2.75, 3.05) is 0 Å². The average Bonchev–Trinajstić information content (AvgIpc) is 2.81. The Kier molecular flexibility index (Phi) is 3.54. The van der Waals surface area contributed by atoms with Gasteiger partial charge in [0, 0.05) is 16.6 Å². The standard InChI is InChI=1S/C14H9ClN2O2S/c15-10-6-8-12(9-7-10)17-14(18)19-13(20-17)16-11-4-2-1-3-5-11/h1-9H. The molecule has 0 saturated carbocycles. The van der Waals surface area contributed by atoms with Gasteiger partial charge in [-0.1, -0.05) is 29.8 Å². The van der Waals surface area contributed by atoms with E-state index in [0.29, 0.717) is 15.6 Å². The first-order chi connectivity index (χ1) is 9.72. The summed E-state index contributed by atoms with van der Waals surface area (Å²) in [4.78, 5) is 16.4. The summed E-state index contributed by atoms with van der Waals surface area (Å²) >= 11 is 6.97. The van der Waals surface area contributed by atoms with Crippen molar-refractivity contribution in [2.45, 2.75) is 0 Å². The largest absolute Gasteiger partial charge is 0.435 e. The van der Waals surface area contributed by atoms with Gasteiger partial charge in [0.2, 0.25) is 0 Å². The normalized spacial score (nSPS) is 11.8. The first-order valence-electron chi connectivity index (χ1n) is 5.81. The maximum Gasteiger partial charge on any atom is 0.435 e. The van der Waals surface area contributed by atoms with Crippen LogP contribution in [0.1, 0.15) is 0 Å². The van der Waals surface area contributed by atoms with E-state index in [1.807, 2.05) is 30.3 Å². The molecule has 0 fully saturated rings. The van der Waals surface area contributed by atoms with Gasteiger partial charge in [0.1, 0.15) is 0 Å². The summed E-state index contributed by atoms with van der Waals surface area (Å²) in [5, 5.41) is 0.615. The third kappa shape index (κ3) is 2.74. The maximum absolute atomic E-state index is 11.8. The van der Waals surface area contributed by atoms with Crippen LogP contribution >= 0.6 is 23.1 Å². The van der Waals surface area contributed by atoms with E-state index < -0.39 is 5.76 Å². The van der Waals surface area contributed by atoms with Crippen LogP contribution in [0.4, 0.5) is 5.69 Å². The van der Waals surface area contributed by atoms with Crippen LogP contribution in [0.5, 0.6) is 0 Å². The molecular formula is C14H9ClN2O2S. The lowest BCUT2D eigenvalue weighted by Gasteiger charge is -1.96. The van der Waals surface area contributed by atoms with Gasteiger partial charge in [-0.25, -0.2) is 9.79 Å². The van der Waals surface area contributed by atoms with Crippen LogP contribution in [-0.2, 0) is 0 Å². The fourth-order valence-electron chi connectivity index (χ4n) is 1.64. The van der Waals surface area contributed by atoms with E-state index in [-0.39, 0.29) is 0 Å². The van der Waals surface area contributed by atoms with Gasteiger partial charge in [0.15, 0.2) is 0 Å². The summed E-state index contributed by atoms with van der Waals surface area (Å²) in [6.45, 7) is 0. The Morgan fingerprint density at radius 2 is 1.75 bits per heavy atom. The number of hydrogen-bond acceptors (Lipinski definition) is 4. The van der Waals surface area contributed by atoms with Crippen molar-refractivity contribution in [1.82, 2.24) is 3.96 Å². The second kappa shape index (κ2) is 5.48. The molecule has 3 rings (SSSR count). The van der Waals surface area contributed by atoms with Crippen molar-refractivity contribution in [3.05, 3.63) is 75.0 Å². The Balaban J connectivity index is 2.06. The number of para-hydroxylation sites is 1. The predicted octanol–water partition coefficient (Wildman–Crippen LogP) is 3.38. The zero-order chi connectivity index (χ0) is 13.9. The highest BCUT2D eigenvalue weighted by Gasteiger charge is 2.05. The van der Waals surface area contributed by atoms with E-state index in [0.717, 1.165) is 17.2 Å². The Hall–Kier alpha value is -2.11. The van der Waals surface area contributed by atoms with Crippen LogP contribution in [0, 0.1) is 0 Å². The highest BCUT2D eigenvalue weighted by atomic mass is 35.5. The van der Waals surface area contributed by atoms with Crippen molar-refractivity contribution >= 4 is 28.8 Å². The highest BCUT2D eigenvalue weighted by Crippen LogP contribution is 2.13. The molecule has 100 valence electrons. The van der Waals surface area contributed by atoms with Crippen molar-refractivity contribution in [1.29, 1.82) is 0 Å². The van der Waals surface area contributed by atoms with Gasteiger partial charge in [-0.15, -0.1) is 0 Å². The first kappa shape index (κ1) is 12.9. The molecule has 1 aromatic heterocycles. The molecule has 0 aliphatic carbocycles. The van der Waals surface area contributed by atoms with Gasteiger partial charge < -0.3 is 4.42 Å². The van der Waals surface area contributed by atoms with Gasteiger partial charge in [-0.2, -0.15) is 3.96 Å². The first-order valence-corrected chi connectivity index (χ1v) is 6.97. The summed E-state index contributed by atoms with van der Waals surface area (Å²) in [6.07, 6.45) is 0. The Bertz CT molecular complexity index is 832. The lowest BCUT2D eigenvalue weighted by molar-refractivity contribution is 0.465. The SMILES string of the molecule is O=c1oc(=Nc2ccccc2)sn1-c1ccc(Cl)cc1. The fourth-order valence-corrected chi connectivity index (χ4v) is 2.51. The molecule has 6 heteroatoms. The molecule has 0 amide bonds. The monoisotopic (exact) mass is 304 g/mol. The van der Waals surface area contributed by atoms with Gasteiger partial charge in [0.05, 0.1) is 11.4 Å². The second-order valence-electron chi connectivity index (χ2n) is 3.94. The average molecular weight is 305 g/mol. The highest BCUT2D eigenvalue weighted by molar-refractivity contribution is 7.03. The van der Waals surface area contributed by atoms with Gasteiger partial charge >= 0.3 is 5.76 Å². The maximum atomic E-state index is 11.8. The molecule has 0 atom stereocenters. The van der Waals surface area contributed by atoms with E-state index >= 15 is 0 Å². The minimum Gasteiger partial charge on any atom is -0.379 e. The van der Waals surface area contributed by atoms with Crippen molar-refractivity contribution in [3.8, 4) is 5.69 Å². The minimum absolute atomic E-state index is 0.302. The molecule has 4 nitrogen and oxygen atoms in total. The second-order valence-corrected chi connectivity index (χ2v) is 5.28. The molecule has 0 aliphatic rings. The summed E-state index contributed by atoms with van der Waals surface area (Å²) < 4.78 is 6.56. The predicted molar refractivity (Wildman–Crippen MR) is 78.9 cm³/mol. The number of rotatable bonds is 2. The molecule has 0 N–H and O–H groups in total. The smallest absolute Gasteiger partial charge is 0.379 e. The number of aromatic nitrogens is 1. The molecule has 0 spiro atoms. The summed E-state index contributed by atoms with van der Waals surface area (Å²) in [5.41, 5.74) is 1.43. The summed E-state index contributed by atoms with van der Waals surface area (Å²) in [6, 6.07) is 16.3. The number of nitrogens with zero attached hydrogens (tertiary/aromatic N) is 2. The number of benzene rings is 2. The van der Waals surface area contributed by atoms with Crippen LogP contribution in [0.2, 0.25) is 5.02 Å². The van der Waals surface area contributed by atoms with Gasteiger partial charge in [-0.05, 0) is 36.4 Å². The van der Waals surface area contributed by atoms with Gasteiger partial charge in [-0.3, -0.25) is 0 Å². The van der Waals surface area contributed by atoms with Crippen LogP contribution < -0.4 is 10.6 Å². The molecule has 0 unspecified atom stereocenters. The molecular weight excluding hydrogens is 296 g/mol. The third-order valence-corrected chi connectivity index (χ3v) is 3.67. The van der Waals surface area contributed by atoms with Crippen molar-refractivity contribution in [3.63, 3.8) is 0 Å². The molecule has 1 heterocycles. The van der Waals surface area contributed by atoms with Crippen molar-refractivity contribution < 1.29 is 4.42 Å². The van der Waals surface area contributed by atoms with E-state index in [4.69, 9.17) is 16.0 Å². The van der Waals surface area contributed by atoms with Crippen LogP contribution in [0.3, 0.4) is 0 Å². The van der Waals surface area contributed by atoms with E-state index in [1.54, 1.807) is 24.3 Å². The zero-order valence-corrected chi connectivity index (χ0v) is 11.8. The quantitative estimate of drug-likeness (QED) is 0.728. The van der Waals surface area contributed by atoms with Crippen LogP contribution in [0.15, 0.2) is 68.8 Å². The molecule has 20 heavy (non-hydrogen) atoms. The molecule has 0 radical (unpaired) electrons. The van der Waals surface area contributed by atoms with Gasteiger partial charge in [0.25, 0.3) is 4.87 Å². The summed E-state index contributed by atoms with van der Waals surface area (Å²) in [5.74, 6) is -0.466. The molecule has 0 bridgehead atoms. The molecule has 3 aromatic rings. The van der Waals surface area contributed by atoms with Crippen molar-refractivity contribution in [2.24, 2.45) is 4.99 Å². The lowest BCUT2D eigenvalue weighted by Crippen LogP contribution is -2.09. The van der Waals surface area contributed by atoms with Crippen LogP contribution in [0.25, 0.3) is 5.69 Å². The Morgan fingerprint density at radius 1 is 1.05 bits per heavy atom. The lowest BCUT2D eigenvalue weighted by atomic mass is 10.3. The molecule has 0 saturated heterocycles. The topological polar surface area (TPSA) is 47.5 Å². The van der Waals surface area contributed by atoms with Crippen LogP contribution in [-0.4, -0.2) is 3.96 Å². The summed E-state index contributed by atoms with van der Waals surface area (Å²) in [7, 11) is 0. The third-order valence-electron chi connectivity index (χ3n) is 2.55. The Morgan fingerprint density at radius 3 is 2.45 bits per heavy atom. The molecule has 2 aromatic carbocycles. The molecule has 0 aliphatic heterocycles. The van der Waals surface area contributed by atoms with E-state index in [1.165, 1.54) is 3.96 Å². The minimum atomic E-state index is -0.466.